The molecule has 8 heteroatoms. The van der Waals surface area contributed by atoms with Crippen LogP contribution in [0.1, 0.15) is 37.1 Å². The predicted octanol–water partition coefficient (Wildman–Crippen LogP) is 3.68. The summed E-state index contributed by atoms with van der Waals surface area (Å²) >= 11 is 0. The van der Waals surface area contributed by atoms with Gasteiger partial charge in [0.2, 0.25) is 5.76 Å². The summed E-state index contributed by atoms with van der Waals surface area (Å²) in [4.78, 5) is 30.5. The highest BCUT2D eigenvalue weighted by Gasteiger charge is 2.36. The van der Waals surface area contributed by atoms with Gasteiger partial charge in [0.25, 0.3) is 0 Å². The van der Waals surface area contributed by atoms with Gasteiger partial charge in [-0.2, -0.15) is 0 Å². The number of carbonyl (C=O) groups excluding carboxylic acids is 1. The first-order chi connectivity index (χ1) is 14.9. The minimum atomic E-state index is -1.22. The Morgan fingerprint density at radius 3 is 2.65 bits per heavy atom. The van der Waals surface area contributed by atoms with Gasteiger partial charge in [0, 0.05) is 18.2 Å². The molecule has 2 aromatic rings. The van der Waals surface area contributed by atoms with Crippen molar-refractivity contribution < 1.29 is 28.6 Å². The summed E-state index contributed by atoms with van der Waals surface area (Å²) in [6.07, 6.45) is 3.91. The van der Waals surface area contributed by atoms with E-state index in [1.807, 2.05) is 6.92 Å². The van der Waals surface area contributed by atoms with E-state index in [0.717, 1.165) is 11.1 Å². The first-order valence-electron chi connectivity index (χ1n) is 9.98. The number of nitrogens with zero attached hydrogens (tertiary/aromatic N) is 2. The maximum atomic E-state index is 13.3. The molecule has 1 N–H and O–H groups in total. The molecule has 0 amide bonds. The van der Waals surface area contributed by atoms with E-state index in [2.05, 4.69) is 4.98 Å². The third kappa shape index (κ3) is 3.76. The Bertz CT molecular complexity index is 1120. The number of anilines is 1. The Morgan fingerprint density at radius 1 is 1.26 bits per heavy atom. The fourth-order valence-corrected chi connectivity index (χ4v) is 3.83. The summed E-state index contributed by atoms with van der Waals surface area (Å²) in [6, 6.07) is 6.05. The molecule has 0 aliphatic carbocycles. The summed E-state index contributed by atoms with van der Waals surface area (Å²) in [5, 5.41) is 9.55. The summed E-state index contributed by atoms with van der Waals surface area (Å²) in [6.45, 7) is 4.05. The number of pyridine rings is 1. The van der Waals surface area contributed by atoms with Crippen LogP contribution >= 0.6 is 0 Å². The number of benzene rings is 1. The van der Waals surface area contributed by atoms with Gasteiger partial charge in [-0.1, -0.05) is 19.1 Å². The van der Waals surface area contributed by atoms with E-state index in [4.69, 9.17) is 9.47 Å². The molecule has 4 rings (SSSR count). The Balaban J connectivity index is 1.86. The second kappa shape index (κ2) is 8.22. The van der Waals surface area contributed by atoms with Crippen molar-refractivity contribution in [1.29, 1.82) is 0 Å². The molecule has 0 saturated heterocycles. The fourth-order valence-electron chi connectivity index (χ4n) is 3.83. The number of carbonyl (C=O) groups is 2. The Hall–Kier alpha value is -3.68. The average molecular weight is 424 g/mol. The quantitative estimate of drug-likeness (QED) is 0.708. The van der Waals surface area contributed by atoms with Gasteiger partial charge >= 0.3 is 11.9 Å². The number of carboxylic acids is 1. The number of hydrogen-bond donors (Lipinski definition) is 1. The van der Waals surface area contributed by atoms with E-state index < -0.39 is 11.9 Å². The molecular formula is C23H21FN2O5. The van der Waals surface area contributed by atoms with Gasteiger partial charge in [0.05, 0.1) is 30.6 Å². The number of aromatic nitrogens is 1. The third-order valence-corrected chi connectivity index (χ3v) is 5.23. The molecule has 3 heterocycles. The molecule has 0 unspecified atom stereocenters. The zero-order valence-corrected chi connectivity index (χ0v) is 17.1. The first-order valence-corrected chi connectivity index (χ1v) is 9.98. The van der Waals surface area contributed by atoms with Gasteiger partial charge in [0.15, 0.2) is 5.75 Å². The smallest absolute Gasteiger partial charge is 0.373 e. The van der Waals surface area contributed by atoms with Crippen molar-refractivity contribution in [2.75, 3.05) is 18.1 Å². The van der Waals surface area contributed by atoms with Gasteiger partial charge in [-0.15, -0.1) is 0 Å². The van der Waals surface area contributed by atoms with Crippen LogP contribution in [0.5, 0.6) is 5.75 Å². The minimum absolute atomic E-state index is 0.157. The van der Waals surface area contributed by atoms with Crippen LogP contribution in [0, 0.1) is 5.82 Å². The highest BCUT2D eigenvalue weighted by atomic mass is 19.1. The monoisotopic (exact) mass is 424 g/mol. The second-order valence-electron chi connectivity index (χ2n) is 7.17. The second-order valence-corrected chi connectivity index (χ2v) is 7.17. The number of esters is 1. The molecule has 7 nitrogen and oxygen atoms in total. The number of ether oxygens (including phenoxy) is 2. The lowest BCUT2D eigenvalue weighted by Gasteiger charge is -2.35. The molecule has 160 valence electrons. The molecule has 1 aromatic carbocycles. The zero-order chi connectivity index (χ0) is 22.1. The molecule has 0 fully saturated rings. The van der Waals surface area contributed by atoms with Crippen molar-refractivity contribution in [3.63, 3.8) is 0 Å². The van der Waals surface area contributed by atoms with Crippen molar-refractivity contribution in [2.24, 2.45) is 0 Å². The van der Waals surface area contributed by atoms with Gasteiger partial charge in [-0.05, 0) is 36.6 Å². The van der Waals surface area contributed by atoms with Crippen molar-refractivity contribution in [3.05, 3.63) is 70.6 Å². The maximum absolute atomic E-state index is 13.3. The Kier molecular flexibility index (Phi) is 5.46. The highest BCUT2D eigenvalue weighted by molar-refractivity contribution is 6.03. The van der Waals surface area contributed by atoms with Crippen molar-refractivity contribution in [1.82, 2.24) is 4.98 Å². The topological polar surface area (TPSA) is 89.0 Å². The van der Waals surface area contributed by atoms with Crippen LogP contribution in [0.15, 0.2) is 48.0 Å². The summed E-state index contributed by atoms with van der Waals surface area (Å²) in [7, 11) is 0. The maximum Gasteiger partial charge on any atom is 0.373 e. The molecule has 0 saturated carbocycles. The molecule has 2 aliphatic rings. The SMILES string of the molecule is CCOC(=O)C1=C(CC)c2ncc(Cc3ccc(F)cc3)c3c2N(C=C(C(=O)O)O3)C1. The van der Waals surface area contributed by atoms with Gasteiger partial charge in [0.1, 0.15) is 11.5 Å². The van der Waals surface area contributed by atoms with Crippen LogP contribution in [-0.4, -0.2) is 35.2 Å². The van der Waals surface area contributed by atoms with E-state index in [0.29, 0.717) is 41.1 Å². The lowest BCUT2D eigenvalue weighted by Crippen LogP contribution is -2.34. The third-order valence-electron chi connectivity index (χ3n) is 5.23. The van der Waals surface area contributed by atoms with Crippen molar-refractivity contribution >= 4 is 23.2 Å². The standard InChI is InChI=1S/C23H21FN2O5/c1-3-16-17(23(29)30-4-2)11-26-12-18(22(27)28)31-21-14(10-25-19(16)20(21)26)9-13-5-7-15(24)8-6-13/h5-8,10,12H,3-4,9,11H2,1-2H3,(H,27,28). The number of allylic oxidation sites excluding steroid dienone is 1. The Labute approximate surface area is 178 Å². The van der Waals surface area contributed by atoms with Crippen molar-refractivity contribution in [3.8, 4) is 5.75 Å². The molecule has 0 radical (unpaired) electrons. The fraction of sp³-hybridized carbons (Fsp3) is 0.261. The molecular weight excluding hydrogens is 403 g/mol. The van der Waals surface area contributed by atoms with E-state index >= 15 is 0 Å². The van der Waals surface area contributed by atoms with E-state index in [-0.39, 0.29) is 24.7 Å². The molecule has 2 aliphatic heterocycles. The average Bonchev–Trinajstić information content (AvgIpc) is 2.76. The predicted molar refractivity (Wildman–Crippen MR) is 111 cm³/mol. The summed E-state index contributed by atoms with van der Waals surface area (Å²) < 4.78 is 24.3. The number of hydrogen-bond acceptors (Lipinski definition) is 6. The lowest BCUT2D eigenvalue weighted by molar-refractivity contribution is -0.138. The van der Waals surface area contributed by atoms with E-state index in [9.17, 15) is 19.1 Å². The van der Waals surface area contributed by atoms with Crippen LogP contribution in [0.25, 0.3) is 5.57 Å². The van der Waals surface area contributed by atoms with Crippen LogP contribution in [0.3, 0.4) is 0 Å². The molecule has 0 bridgehead atoms. The largest absolute Gasteiger partial charge is 0.475 e. The van der Waals surface area contributed by atoms with Crippen LogP contribution in [0.2, 0.25) is 0 Å². The first kappa shape index (κ1) is 20.6. The minimum Gasteiger partial charge on any atom is -0.475 e. The van der Waals surface area contributed by atoms with E-state index in [1.165, 1.54) is 18.3 Å². The van der Waals surface area contributed by atoms with Gasteiger partial charge in [-0.3, -0.25) is 4.98 Å². The highest BCUT2D eigenvalue weighted by Crippen LogP contribution is 2.46. The number of rotatable bonds is 6. The molecule has 31 heavy (non-hydrogen) atoms. The number of carboxylic acid groups (broad SMARTS) is 1. The number of halogens is 1. The zero-order valence-electron chi connectivity index (χ0n) is 17.1. The van der Waals surface area contributed by atoms with Gasteiger partial charge in [-0.25, -0.2) is 14.0 Å². The van der Waals surface area contributed by atoms with Crippen LogP contribution in [0.4, 0.5) is 10.1 Å². The molecule has 0 spiro atoms. The van der Waals surface area contributed by atoms with Crippen molar-refractivity contribution in [2.45, 2.75) is 26.7 Å². The van der Waals surface area contributed by atoms with Gasteiger partial charge < -0.3 is 19.5 Å². The summed E-state index contributed by atoms with van der Waals surface area (Å²) in [5.74, 6) is -1.88. The number of aliphatic carboxylic acids is 1. The summed E-state index contributed by atoms with van der Waals surface area (Å²) in [5.41, 5.74) is 3.87. The van der Waals surface area contributed by atoms with E-state index in [1.54, 1.807) is 30.2 Å². The van der Waals surface area contributed by atoms with Crippen LogP contribution in [-0.2, 0) is 20.7 Å². The molecule has 0 atom stereocenters. The normalized spacial score (nSPS) is 14.5. The van der Waals surface area contributed by atoms with Crippen LogP contribution < -0.4 is 9.64 Å². The molecule has 1 aromatic heterocycles. The lowest BCUT2D eigenvalue weighted by atomic mass is 9.93. The Morgan fingerprint density at radius 2 is 2.00 bits per heavy atom.